The first-order valence-electron chi connectivity index (χ1n) is 2.40. The summed E-state index contributed by atoms with van der Waals surface area (Å²) in [4.78, 5) is 0. The van der Waals surface area contributed by atoms with E-state index < -0.39 is 0 Å². The zero-order chi connectivity index (χ0) is 4.83. The van der Waals surface area contributed by atoms with Crippen molar-refractivity contribution in [3.8, 4) is 0 Å². The van der Waals surface area contributed by atoms with E-state index >= 15 is 0 Å². The van der Waals surface area contributed by atoms with E-state index in [0.29, 0.717) is 19.0 Å². The molecule has 0 bridgehead atoms. The van der Waals surface area contributed by atoms with Crippen molar-refractivity contribution in [1.82, 2.24) is 0 Å². The molecular weight excluding hydrogens is 134 g/mol. The Balaban J connectivity index is 2.34. The summed E-state index contributed by atoms with van der Waals surface area (Å²) in [5.74, 6) is 0. The molecule has 0 aliphatic heterocycles. The first kappa shape index (κ1) is 6.60. The van der Waals surface area contributed by atoms with Crippen molar-refractivity contribution >= 4 is 19.0 Å². The summed E-state index contributed by atoms with van der Waals surface area (Å²) in [7, 11) is 0. The summed E-state index contributed by atoms with van der Waals surface area (Å²) in [6.45, 7) is 3.17. The van der Waals surface area contributed by atoms with Crippen molar-refractivity contribution in [3.05, 3.63) is 0 Å². The van der Waals surface area contributed by atoms with Crippen LogP contribution in [0.15, 0.2) is 0 Å². The molecule has 0 saturated heterocycles. The number of unbranched alkanes of at least 4 members (excludes halogenated alkanes) is 1. The van der Waals surface area contributed by atoms with Gasteiger partial charge >= 0.3 is 48.9 Å². The van der Waals surface area contributed by atoms with Crippen LogP contribution >= 0.6 is 0 Å². The molecule has 0 saturated carbocycles. The van der Waals surface area contributed by atoms with E-state index in [2.05, 4.69) is 6.92 Å². The Bertz CT molecular complexity index is 19.5. The first-order chi connectivity index (χ1) is 2.91. The van der Waals surface area contributed by atoms with Crippen LogP contribution in [0.4, 0.5) is 0 Å². The molecule has 1 nitrogen and oxygen atoms in total. The predicted molar refractivity (Wildman–Crippen MR) is 29.4 cm³/mol. The molecule has 0 aliphatic carbocycles. The Labute approximate surface area is 49.4 Å². The molecule has 0 heterocycles. The van der Waals surface area contributed by atoms with E-state index in [1.165, 1.54) is 12.8 Å². The molecule has 0 unspecified atom stereocenters. The summed E-state index contributed by atoms with van der Waals surface area (Å²) in [5.41, 5.74) is 0. The first-order valence-corrected chi connectivity index (χ1v) is 4.12. The second kappa shape index (κ2) is 5.60. The molecule has 0 amide bonds. The standard InChI is InChI=1S/C4H9O.Ga.2H/c1-2-3-4-5;;;/h2-4H2,1H3;;;/q-1;+1;;. The molecule has 36 valence electrons. The summed E-state index contributed by atoms with van der Waals surface area (Å²) in [6.07, 6.45) is 2.50. The van der Waals surface area contributed by atoms with Crippen LogP contribution in [0.5, 0.6) is 0 Å². The van der Waals surface area contributed by atoms with Gasteiger partial charge in [0.2, 0.25) is 0 Å². The van der Waals surface area contributed by atoms with E-state index in [0.717, 1.165) is 6.61 Å². The van der Waals surface area contributed by atoms with Crippen molar-refractivity contribution in [2.75, 3.05) is 6.61 Å². The fourth-order valence-corrected chi connectivity index (χ4v) is 0.894. The van der Waals surface area contributed by atoms with Crippen LogP contribution in [0.25, 0.3) is 0 Å². The topological polar surface area (TPSA) is 9.23 Å². The normalized spacial score (nSPS) is 8.83. The molecule has 0 atom stereocenters. The van der Waals surface area contributed by atoms with Gasteiger partial charge < -0.3 is 0 Å². The van der Waals surface area contributed by atoms with Crippen LogP contribution in [0, 0.1) is 0 Å². The second-order valence-electron chi connectivity index (χ2n) is 1.35. The van der Waals surface area contributed by atoms with E-state index in [1.807, 2.05) is 0 Å². The van der Waals surface area contributed by atoms with Gasteiger partial charge in [-0.1, -0.05) is 0 Å². The fraction of sp³-hybridized carbons (Fsp3) is 1.00. The molecule has 2 heteroatoms. The van der Waals surface area contributed by atoms with Gasteiger partial charge in [-0.25, -0.2) is 0 Å². The van der Waals surface area contributed by atoms with Crippen LogP contribution < -0.4 is 0 Å². The third kappa shape index (κ3) is 4.60. The molecular formula is C4H11GaO. The SMILES string of the molecule is CCCC[O][GaH2]. The average molecular weight is 145 g/mol. The minimum atomic E-state index is 0.613. The molecule has 0 aliphatic rings. The second-order valence-corrected chi connectivity index (χ2v) is 2.56. The van der Waals surface area contributed by atoms with Gasteiger partial charge in [0, 0.05) is 0 Å². The van der Waals surface area contributed by atoms with Crippen LogP contribution in [0.1, 0.15) is 19.8 Å². The van der Waals surface area contributed by atoms with Crippen molar-refractivity contribution in [2.45, 2.75) is 19.8 Å². The Morgan fingerprint density at radius 1 is 1.67 bits per heavy atom. The minimum absolute atomic E-state index is 0.613. The molecule has 0 rings (SSSR count). The summed E-state index contributed by atoms with van der Waals surface area (Å²) < 4.78 is 4.97. The van der Waals surface area contributed by atoms with Gasteiger partial charge in [0.05, 0.1) is 0 Å². The third-order valence-electron chi connectivity index (χ3n) is 0.702. The van der Waals surface area contributed by atoms with Crippen molar-refractivity contribution in [1.29, 1.82) is 0 Å². The molecule has 0 fully saturated rings. The van der Waals surface area contributed by atoms with Gasteiger partial charge in [0.15, 0.2) is 0 Å². The molecule has 0 spiro atoms. The van der Waals surface area contributed by atoms with Gasteiger partial charge in [0.1, 0.15) is 0 Å². The van der Waals surface area contributed by atoms with Crippen LogP contribution in [-0.2, 0) is 3.53 Å². The average Bonchev–Trinajstić information content (AvgIpc) is 1.61. The number of hydrogen-bond acceptors (Lipinski definition) is 1. The van der Waals surface area contributed by atoms with Crippen molar-refractivity contribution in [2.24, 2.45) is 0 Å². The van der Waals surface area contributed by atoms with Gasteiger partial charge in [-0.15, -0.1) is 0 Å². The zero-order valence-corrected chi connectivity index (χ0v) is 8.73. The Morgan fingerprint density at radius 3 is 2.50 bits per heavy atom. The van der Waals surface area contributed by atoms with Gasteiger partial charge in [-0.2, -0.15) is 0 Å². The van der Waals surface area contributed by atoms with Crippen LogP contribution in [0.3, 0.4) is 0 Å². The Morgan fingerprint density at radius 2 is 2.33 bits per heavy atom. The quantitative estimate of drug-likeness (QED) is 0.411. The van der Waals surface area contributed by atoms with Crippen molar-refractivity contribution < 1.29 is 3.53 Å². The zero-order valence-electron chi connectivity index (χ0n) is 4.53. The third-order valence-corrected chi connectivity index (χ3v) is 1.56. The van der Waals surface area contributed by atoms with E-state index in [4.69, 9.17) is 3.53 Å². The summed E-state index contributed by atoms with van der Waals surface area (Å²) in [5, 5.41) is 0. The Kier molecular flexibility index (Phi) is 6.15. The fourth-order valence-electron chi connectivity index (χ4n) is 0.289. The van der Waals surface area contributed by atoms with Gasteiger partial charge in [-0.05, 0) is 0 Å². The molecule has 0 radical (unpaired) electrons. The molecule has 0 aromatic carbocycles. The molecule has 6 heavy (non-hydrogen) atoms. The van der Waals surface area contributed by atoms with Crippen LogP contribution in [0.2, 0.25) is 0 Å². The number of hydrogen-bond donors (Lipinski definition) is 0. The molecule has 0 N–H and O–H groups in total. The molecule has 0 aromatic rings. The van der Waals surface area contributed by atoms with Gasteiger partial charge in [-0.3, -0.25) is 0 Å². The van der Waals surface area contributed by atoms with E-state index in [-0.39, 0.29) is 0 Å². The summed E-state index contributed by atoms with van der Waals surface area (Å²) >= 11 is 0.613. The predicted octanol–water partition coefficient (Wildman–Crippen LogP) is 0.351. The summed E-state index contributed by atoms with van der Waals surface area (Å²) in [6, 6.07) is 0. The maximum atomic E-state index is 4.97. The van der Waals surface area contributed by atoms with E-state index in [9.17, 15) is 0 Å². The van der Waals surface area contributed by atoms with Crippen LogP contribution in [-0.4, -0.2) is 25.6 Å². The monoisotopic (exact) mass is 144 g/mol. The van der Waals surface area contributed by atoms with E-state index in [1.54, 1.807) is 0 Å². The van der Waals surface area contributed by atoms with Crippen molar-refractivity contribution in [3.63, 3.8) is 0 Å². The molecule has 0 aromatic heterocycles. The maximum absolute atomic E-state index is 4.97. The van der Waals surface area contributed by atoms with Gasteiger partial charge in [0.25, 0.3) is 0 Å². The number of rotatable bonds is 3. The Hall–Kier alpha value is 0.596.